The normalized spacial score (nSPS) is 27.5. The number of aromatic nitrogens is 1. The van der Waals surface area contributed by atoms with Crippen LogP contribution in [-0.2, 0) is 6.61 Å². The molecule has 1 N–H and O–H groups in total. The highest BCUT2D eigenvalue weighted by molar-refractivity contribution is 5.54. The molecule has 1 saturated carbocycles. The van der Waals surface area contributed by atoms with Crippen molar-refractivity contribution in [2.24, 2.45) is 11.8 Å². The van der Waals surface area contributed by atoms with E-state index < -0.39 is 0 Å². The van der Waals surface area contributed by atoms with Gasteiger partial charge in [0.05, 0.1) is 6.61 Å². The first kappa shape index (κ1) is 11.0. The van der Waals surface area contributed by atoms with E-state index in [-0.39, 0.29) is 6.61 Å². The number of anilines is 1. The Balaban J connectivity index is 1.87. The summed E-state index contributed by atoms with van der Waals surface area (Å²) in [5, 5.41) is 9.41. The molecule has 0 bridgehead atoms. The van der Waals surface area contributed by atoms with Crippen LogP contribution in [0, 0.1) is 18.8 Å². The van der Waals surface area contributed by atoms with Crippen molar-refractivity contribution < 1.29 is 5.11 Å². The molecule has 0 aromatic carbocycles. The minimum absolute atomic E-state index is 0.0917. The lowest BCUT2D eigenvalue weighted by atomic mass is 10.0. The first-order valence-electron chi connectivity index (χ1n) is 6.59. The van der Waals surface area contributed by atoms with Crippen molar-refractivity contribution in [2.45, 2.75) is 32.8 Å². The lowest BCUT2D eigenvalue weighted by molar-refractivity contribution is 0.281. The van der Waals surface area contributed by atoms with Crippen LogP contribution in [-0.4, -0.2) is 23.2 Å². The van der Waals surface area contributed by atoms with E-state index in [9.17, 15) is 5.11 Å². The van der Waals surface area contributed by atoms with E-state index >= 15 is 0 Å². The number of pyridine rings is 1. The zero-order chi connectivity index (χ0) is 11.8. The molecule has 2 heterocycles. The predicted molar refractivity (Wildman–Crippen MR) is 67.9 cm³/mol. The van der Waals surface area contributed by atoms with Gasteiger partial charge in [-0.3, -0.25) is 4.98 Å². The van der Waals surface area contributed by atoms with E-state index in [0.29, 0.717) is 0 Å². The Kier molecular flexibility index (Phi) is 2.79. The predicted octanol–water partition coefficient (Wildman–Crippen LogP) is 2.12. The van der Waals surface area contributed by atoms with Gasteiger partial charge in [-0.25, -0.2) is 0 Å². The summed E-state index contributed by atoms with van der Waals surface area (Å²) in [6.07, 6.45) is 6.00. The van der Waals surface area contributed by atoms with Gasteiger partial charge in [0.1, 0.15) is 0 Å². The maximum absolute atomic E-state index is 9.41. The minimum Gasteiger partial charge on any atom is -0.392 e. The van der Waals surface area contributed by atoms with E-state index in [4.69, 9.17) is 0 Å². The van der Waals surface area contributed by atoms with Crippen LogP contribution in [0.2, 0.25) is 0 Å². The molecule has 1 aromatic rings. The number of hydrogen-bond acceptors (Lipinski definition) is 3. The van der Waals surface area contributed by atoms with Gasteiger partial charge in [-0.1, -0.05) is 6.42 Å². The molecule has 0 radical (unpaired) electrons. The molecule has 2 atom stereocenters. The number of rotatable bonds is 2. The molecule has 1 aliphatic carbocycles. The maximum Gasteiger partial charge on any atom is 0.0717 e. The van der Waals surface area contributed by atoms with Crippen LogP contribution in [0.15, 0.2) is 12.3 Å². The van der Waals surface area contributed by atoms with E-state index in [0.717, 1.165) is 23.1 Å². The van der Waals surface area contributed by atoms with Gasteiger partial charge >= 0.3 is 0 Å². The summed E-state index contributed by atoms with van der Waals surface area (Å²) in [4.78, 5) is 6.72. The molecule has 17 heavy (non-hydrogen) atoms. The fourth-order valence-corrected chi connectivity index (χ4v) is 3.42. The molecule has 3 rings (SSSR count). The molecule has 3 heteroatoms. The average Bonchev–Trinajstić information content (AvgIpc) is 2.88. The summed E-state index contributed by atoms with van der Waals surface area (Å²) in [6.45, 7) is 4.44. The highest BCUT2D eigenvalue weighted by atomic mass is 16.3. The Morgan fingerprint density at radius 1 is 1.35 bits per heavy atom. The van der Waals surface area contributed by atoms with Crippen molar-refractivity contribution in [3.63, 3.8) is 0 Å². The zero-order valence-electron chi connectivity index (χ0n) is 10.4. The number of aliphatic hydroxyl groups is 1. The second-order valence-corrected chi connectivity index (χ2v) is 5.47. The lowest BCUT2D eigenvalue weighted by Gasteiger charge is -2.22. The number of nitrogens with zero attached hydrogens (tertiary/aromatic N) is 2. The summed E-state index contributed by atoms with van der Waals surface area (Å²) in [7, 11) is 0. The summed E-state index contributed by atoms with van der Waals surface area (Å²) in [5.41, 5.74) is 3.21. The fraction of sp³-hybridized carbons (Fsp3) is 0.643. The van der Waals surface area contributed by atoms with Gasteiger partial charge in [-0.05, 0) is 37.7 Å². The van der Waals surface area contributed by atoms with Crippen molar-refractivity contribution in [3.8, 4) is 0 Å². The van der Waals surface area contributed by atoms with E-state index in [1.165, 1.54) is 38.0 Å². The van der Waals surface area contributed by atoms with Crippen LogP contribution in [0.3, 0.4) is 0 Å². The van der Waals surface area contributed by atoms with Crippen molar-refractivity contribution in [1.29, 1.82) is 0 Å². The molecule has 0 spiro atoms. The van der Waals surface area contributed by atoms with Crippen molar-refractivity contribution in [1.82, 2.24) is 4.98 Å². The van der Waals surface area contributed by atoms with Crippen molar-refractivity contribution in [2.75, 3.05) is 18.0 Å². The van der Waals surface area contributed by atoms with E-state index in [2.05, 4.69) is 16.0 Å². The molecule has 2 aliphatic rings. The first-order valence-corrected chi connectivity index (χ1v) is 6.59. The third-order valence-electron chi connectivity index (χ3n) is 4.34. The standard InChI is InChI=1S/C14H20N2O/c1-10-5-14(13(9-17)6-15-10)16-7-11-3-2-4-12(11)8-16/h5-6,11-12,17H,2-4,7-9H2,1H3. The van der Waals surface area contributed by atoms with Crippen LogP contribution < -0.4 is 4.90 Å². The molecule has 2 unspecified atom stereocenters. The largest absolute Gasteiger partial charge is 0.392 e. The molecular weight excluding hydrogens is 212 g/mol. The van der Waals surface area contributed by atoms with Gasteiger partial charge in [-0.2, -0.15) is 0 Å². The van der Waals surface area contributed by atoms with Gasteiger partial charge in [0.2, 0.25) is 0 Å². The van der Waals surface area contributed by atoms with E-state index in [1.807, 2.05) is 13.1 Å². The average molecular weight is 232 g/mol. The summed E-state index contributed by atoms with van der Waals surface area (Å²) in [6, 6.07) is 2.12. The molecule has 3 nitrogen and oxygen atoms in total. The third kappa shape index (κ3) is 1.93. The zero-order valence-corrected chi connectivity index (χ0v) is 10.4. The monoisotopic (exact) mass is 232 g/mol. The number of aryl methyl sites for hydroxylation is 1. The van der Waals surface area contributed by atoms with E-state index in [1.54, 1.807) is 0 Å². The highest BCUT2D eigenvalue weighted by Crippen LogP contribution is 2.40. The minimum atomic E-state index is 0.0917. The highest BCUT2D eigenvalue weighted by Gasteiger charge is 2.36. The number of fused-ring (bicyclic) bond motifs is 1. The Labute approximate surface area is 102 Å². The second kappa shape index (κ2) is 4.30. The van der Waals surface area contributed by atoms with Crippen molar-refractivity contribution in [3.05, 3.63) is 23.5 Å². The van der Waals surface area contributed by atoms with Gasteiger partial charge in [0, 0.05) is 36.2 Å². The molecular formula is C14H20N2O. The lowest BCUT2D eigenvalue weighted by Crippen LogP contribution is -2.22. The molecule has 1 aromatic heterocycles. The smallest absolute Gasteiger partial charge is 0.0717 e. The van der Waals surface area contributed by atoms with Crippen LogP contribution in [0.5, 0.6) is 0 Å². The van der Waals surface area contributed by atoms with Gasteiger partial charge in [0.15, 0.2) is 0 Å². The summed E-state index contributed by atoms with van der Waals surface area (Å²) < 4.78 is 0. The third-order valence-corrected chi connectivity index (χ3v) is 4.34. The molecule has 0 amide bonds. The second-order valence-electron chi connectivity index (χ2n) is 5.47. The molecule has 2 fully saturated rings. The maximum atomic E-state index is 9.41. The van der Waals surface area contributed by atoms with Crippen LogP contribution in [0.4, 0.5) is 5.69 Å². The number of hydrogen-bond donors (Lipinski definition) is 1. The quantitative estimate of drug-likeness (QED) is 0.848. The van der Waals surface area contributed by atoms with Crippen LogP contribution in [0.25, 0.3) is 0 Å². The topological polar surface area (TPSA) is 36.4 Å². The molecule has 92 valence electrons. The first-order chi connectivity index (χ1) is 8.28. The SMILES string of the molecule is Cc1cc(N2CC3CCCC3C2)c(CO)cn1. The van der Waals surface area contributed by atoms with Crippen LogP contribution >= 0.6 is 0 Å². The Hall–Kier alpha value is -1.09. The van der Waals surface area contributed by atoms with Gasteiger partial charge in [0.25, 0.3) is 0 Å². The fourth-order valence-electron chi connectivity index (χ4n) is 3.42. The summed E-state index contributed by atoms with van der Waals surface area (Å²) in [5.74, 6) is 1.77. The summed E-state index contributed by atoms with van der Waals surface area (Å²) >= 11 is 0. The Morgan fingerprint density at radius 3 is 2.71 bits per heavy atom. The van der Waals surface area contributed by atoms with Crippen LogP contribution in [0.1, 0.15) is 30.5 Å². The van der Waals surface area contributed by atoms with Crippen molar-refractivity contribution >= 4 is 5.69 Å². The Morgan fingerprint density at radius 2 is 2.06 bits per heavy atom. The van der Waals surface area contributed by atoms with Gasteiger partial charge < -0.3 is 10.0 Å². The Bertz CT molecular complexity index is 407. The number of aliphatic hydroxyl groups excluding tert-OH is 1. The molecule has 1 aliphatic heterocycles. The van der Waals surface area contributed by atoms with Gasteiger partial charge in [-0.15, -0.1) is 0 Å². The molecule has 1 saturated heterocycles.